The minimum absolute atomic E-state index is 0.990. The van der Waals surface area contributed by atoms with Crippen LogP contribution in [0.5, 0.6) is 0 Å². The topological polar surface area (TPSA) is 28.1 Å². The van der Waals surface area contributed by atoms with Crippen LogP contribution in [0.3, 0.4) is 0 Å². The molecule has 5 rings (SSSR count). The molecule has 0 saturated carbocycles. The molecule has 1 aliphatic heterocycles. The lowest BCUT2D eigenvalue weighted by Gasteiger charge is -2.15. The first-order valence-electron chi connectivity index (χ1n) is 8.41. The fourth-order valence-electron chi connectivity index (χ4n) is 3.62. The molecule has 3 aromatic carbocycles. The Bertz CT molecular complexity index is 1110. The number of aromatic amines is 1. The molecule has 1 aliphatic rings. The molecule has 4 aromatic rings. The van der Waals surface area contributed by atoms with E-state index in [4.69, 9.17) is 0 Å². The van der Waals surface area contributed by atoms with Gasteiger partial charge in [-0.15, -0.1) is 0 Å². The maximum atomic E-state index is 4.61. The van der Waals surface area contributed by atoms with Gasteiger partial charge in [-0.2, -0.15) is 0 Å². The molecule has 0 amide bonds. The van der Waals surface area contributed by atoms with Crippen molar-refractivity contribution in [3.05, 3.63) is 102 Å². The van der Waals surface area contributed by atoms with E-state index in [1.165, 1.54) is 27.1 Å². The van der Waals surface area contributed by atoms with Crippen molar-refractivity contribution in [3.8, 4) is 0 Å². The Kier molecular flexibility index (Phi) is 3.14. The normalized spacial score (nSPS) is 15.4. The van der Waals surface area contributed by atoms with Crippen LogP contribution in [-0.4, -0.2) is 11.2 Å². The van der Waals surface area contributed by atoms with E-state index in [1.54, 1.807) is 0 Å². The number of H-pyrrole nitrogens is 1. The first-order chi connectivity index (χ1) is 12.4. The van der Waals surface area contributed by atoms with Gasteiger partial charge in [0.1, 0.15) is 0 Å². The third-order valence-electron chi connectivity index (χ3n) is 4.70. The fourth-order valence-corrected chi connectivity index (χ4v) is 3.62. The molecular weight excluding hydrogens is 304 g/mol. The van der Waals surface area contributed by atoms with Crippen molar-refractivity contribution < 1.29 is 0 Å². The molecule has 0 aliphatic carbocycles. The minimum atomic E-state index is 0.990. The Morgan fingerprint density at radius 1 is 0.800 bits per heavy atom. The summed E-state index contributed by atoms with van der Waals surface area (Å²) >= 11 is 0. The zero-order valence-corrected chi connectivity index (χ0v) is 13.6. The van der Waals surface area contributed by atoms with Gasteiger partial charge in [-0.05, 0) is 51.9 Å². The molecule has 1 aromatic heterocycles. The van der Waals surface area contributed by atoms with E-state index >= 15 is 0 Å². The molecule has 0 saturated heterocycles. The van der Waals surface area contributed by atoms with E-state index in [-0.39, 0.29) is 0 Å². The van der Waals surface area contributed by atoms with Crippen LogP contribution < -0.4 is 0 Å². The second kappa shape index (κ2) is 5.60. The van der Waals surface area contributed by atoms with Gasteiger partial charge in [-0.1, -0.05) is 48.5 Å². The predicted octanol–water partition coefficient (Wildman–Crippen LogP) is 5.72. The fraction of sp³-hybridized carbons (Fsp3) is 0. The largest absolute Gasteiger partial charge is 0.361 e. The number of benzene rings is 3. The van der Waals surface area contributed by atoms with Crippen LogP contribution in [0.4, 0.5) is 0 Å². The molecule has 2 heterocycles. The number of aromatic nitrogens is 1. The molecule has 0 spiro atoms. The lowest BCUT2D eigenvalue weighted by Crippen LogP contribution is -1.95. The number of rotatable bonds is 2. The molecular formula is C23H16N2. The zero-order chi connectivity index (χ0) is 16.6. The smallest absolute Gasteiger partial charge is 0.0729 e. The number of fused-ring (bicyclic) bond motifs is 2. The van der Waals surface area contributed by atoms with Crippen molar-refractivity contribution in [2.24, 2.45) is 4.99 Å². The SMILES string of the molecule is C1=C/C(=C(/c2ccc[nH]2)c2c3ccccc3cc3ccccc23)N=C1. The average Bonchev–Trinajstić information content (AvgIpc) is 3.36. The average molecular weight is 320 g/mol. The van der Waals surface area contributed by atoms with E-state index < -0.39 is 0 Å². The number of hydrogen-bond donors (Lipinski definition) is 1. The van der Waals surface area contributed by atoms with E-state index in [1.807, 2.05) is 24.6 Å². The van der Waals surface area contributed by atoms with Gasteiger partial charge in [0.05, 0.1) is 5.70 Å². The highest BCUT2D eigenvalue weighted by molar-refractivity contribution is 6.12. The van der Waals surface area contributed by atoms with Crippen LogP contribution in [0.2, 0.25) is 0 Å². The van der Waals surface area contributed by atoms with Crippen molar-refractivity contribution in [1.29, 1.82) is 0 Å². The Morgan fingerprint density at radius 3 is 2.12 bits per heavy atom. The van der Waals surface area contributed by atoms with Gasteiger partial charge >= 0.3 is 0 Å². The zero-order valence-electron chi connectivity index (χ0n) is 13.6. The quantitative estimate of drug-likeness (QED) is 0.457. The summed E-state index contributed by atoms with van der Waals surface area (Å²) in [6.07, 6.45) is 7.88. The summed E-state index contributed by atoms with van der Waals surface area (Å²) in [5.41, 5.74) is 4.45. The molecule has 0 fully saturated rings. The summed E-state index contributed by atoms with van der Waals surface area (Å²) in [7, 11) is 0. The highest BCUT2D eigenvalue weighted by atomic mass is 14.8. The number of aliphatic imine (C=N–C) groups is 1. The molecule has 2 nitrogen and oxygen atoms in total. The second-order valence-electron chi connectivity index (χ2n) is 6.18. The predicted molar refractivity (Wildman–Crippen MR) is 106 cm³/mol. The summed E-state index contributed by atoms with van der Waals surface area (Å²) in [6.45, 7) is 0. The number of nitrogens with one attached hydrogen (secondary N) is 1. The van der Waals surface area contributed by atoms with Crippen LogP contribution in [0.25, 0.3) is 27.1 Å². The van der Waals surface area contributed by atoms with Gasteiger partial charge < -0.3 is 4.98 Å². The highest BCUT2D eigenvalue weighted by Crippen LogP contribution is 2.38. The van der Waals surface area contributed by atoms with Crippen LogP contribution >= 0.6 is 0 Å². The monoisotopic (exact) mass is 320 g/mol. The summed E-state index contributed by atoms with van der Waals surface area (Å²) in [6, 6.07) is 23.5. The van der Waals surface area contributed by atoms with Crippen molar-refractivity contribution in [2.45, 2.75) is 0 Å². The first kappa shape index (κ1) is 14.0. The molecule has 25 heavy (non-hydrogen) atoms. The number of hydrogen-bond acceptors (Lipinski definition) is 1. The third-order valence-corrected chi connectivity index (χ3v) is 4.70. The maximum Gasteiger partial charge on any atom is 0.0729 e. The molecule has 0 radical (unpaired) electrons. The third kappa shape index (κ3) is 2.23. The molecule has 0 atom stereocenters. The number of allylic oxidation sites excluding steroid dienone is 2. The standard InChI is InChI=1S/C23H16N2/c1-3-9-18-16(7-1)15-17-8-2-4-10-19(17)22(18)23(20-11-5-13-24-20)21-12-6-14-25-21/h1-15,24H/b23-21+. The minimum Gasteiger partial charge on any atom is -0.361 e. The first-order valence-corrected chi connectivity index (χ1v) is 8.41. The summed E-state index contributed by atoms with van der Waals surface area (Å²) in [5.74, 6) is 0. The van der Waals surface area contributed by atoms with Crippen LogP contribution in [0.1, 0.15) is 11.3 Å². The van der Waals surface area contributed by atoms with Gasteiger partial charge in [0.2, 0.25) is 0 Å². The van der Waals surface area contributed by atoms with E-state index in [2.05, 4.69) is 76.7 Å². The van der Waals surface area contributed by atoms with Gasteiger partial charge in [0.15, 0.2) is 0 Å². The van der Waals surface area contributed by atoms with Crippen molar-refractivity contribution >= 4 is 33.3 Å². The van der Waals surface area contributed by atoms with Crippen LogP contribution in [-0.2, 0) is 0 Å². The number of nitrogens with zero attached hydrogens (tertiary/aromatic N) is 1. The van der Waals surface area contributed by atoms with Crippen molar-refractivity contribution in [2.75, 3.05) is 0 Å². The highest BCUT2D eigenvalue weighted by Gasteiger charge is 2.18. The molecule has 118 valence electrons. The second-order valence-corrected chi connectivity index (χ2v) is 6.18. The lowest BCUT2D eigenvalue weighted by atomic mass is 9.89. The van der Waals surface area contributed by atoms with Gasteiger partial charge in [-0.25, -0.2) is 0 Å². The molecule has 0 unspecified atom stereocenters. The van der Waals surface area contributed by atoms with Gasteiger partial charge in [0.25, 0.3) is 0 Å². The van der Waals surface area contributed by atoms with Crippen molar-refractivity contribution in [3.63, 3.8) is 0 Å². The van der Waals surface area contributed by atoms with E-state index in [9.17, 15) is 0 Å². The van der Waals surface area contributed by atoms with Crippen LogP contribution in [0, 0.1) is 0 Å². The summed E-state index contributed by atoms with van der Waals surface area (Å²) < 4.78 is 0. The summed E-state index contributed by atoms with van der Waals surface area (Å²) in [4.78, 5) is 7.98. The van der Waals surface area contributed by atoms with Gasteiger partial charge in [-0.3, -0.25) is 4.99 Å². The Hall–Kier alpha value is -3.39. The Balaban J connectivity index is 2.00. The maximum absolute atomic E-state index is 4.61. The van der Waals surface area contributed by atoms with Crippen molar-refractivity contribution in [1.82, 2.24) is 4.98 Å². The Labute approximate surface area is 145 Å². The Morgan fingerprint density at radius 2 is 1.52 bits per heavy atom. The molecule has 0 bridgehead atoms. The summed E-state index contributed by atoms with van der Waals surface area (Å²) in [5, 5.41) is 4.97. The van der Waals surface area contributed by atoms with E-state index in [0.717, 1.165) is 17.0 Å². The molecule has 1 N–H and O–H groups in total. The molecule has 2 heteroatoms. The van der Waals surface area contributed by atoms with E-state index in [0.29, 0.717) is 0 Å². The van der Waals surface area contributed by atoms with Crippen LogP contribution in [0.15, 0.2) is 95.8 Å². The lowest BCUT2D eigenvalue weighted by molar-refractivity contribution is 1.33. The van der Waals surface area contributed by atoms with Gasteiger partial charge in [0, 0.05) is 29.2 Å².